The number of halogens is 9. The third-order valence-electron chi connectivity index (χ3n) is 5.83. The molecule has 3 rings (SSSR count). The zero-order chi connectivity index (χ0) is 30.8. The third-order valence-corrected chi connectivity index (χ3v) is 5.83. The predicted octanol–water partition coefficient (Wildman–Crippen LogP) is 5.72. The zero-order valence-electron chi connectivity index (χ0n) is 21.5. The number of amides is 2. The summed E-state index contributed by atoms with van der Waals surface area (Å²) in [6, 6.07) is -6.93. The van der Waals surface area contributed by atoms with Crippen LogP contribution in [-0.2, 0) is 0 Å². The van der Waals surface area contributed by atoms with Crippen LogP contribution >= 0.6 is 0 Å². The Kier molecular flexibility index (Phi) is 9.12. The van der Waals surface area contributed by atoms with Crippen LogP contribution in [0.25, 0.3) is 16.9 Å². The molecule has 41 heavy (non-hydrogen) atoms. The third kappa shape index (κ3) is 7.40. The van der Waals surface area contributed by atoms with Crippen LogP contribution in [0.5, 0.6) is 11.8 Å². The number of alkyl halides is 9. The van der Waals surface area contributed by atoms with E-state index in [0.717, 1.165) is 26.3 Å². The number of methoxy groups -OCH3 is 2. The molecule has 3 aromatic rings. The number of hydrogen-bond acceptors (Lipinski definition) is 6. The molecule has 0 saturated carbocycles. The second-order valence-electron chi connectivity index (χ2n) is 8.54. The number of aromatic nitrogens is 4. The van der Waals surface area contributed by atoms with Crippen LogP contribution in [0.2, 0.25) is 0 Å². The van der Waals surface area contributed by atoms with Gasteiger partial charge in [0.05, 0.1) is 19.9 Å². The van der Waals surface area contributed by atoms with Gasteiger partial charge < -0.3 is 24.1 Å². The molecular formula is C23H23F9N6O3. The summed E-state index contributed by atoms with van der Waals surface area (Å²) in [5, 5.41) is 1.28. The molecule has 18 heteroatoms. The molecule has 0 aliphatic heterocycles. The molecule has 0 bridgehead atoms. The highest BCUT2D eigenvalue weighted by molar-refractivity contribution is 5.76. The summed E-state index contributed by atoms with van der Waals surface area (Å²) in [4.78, 5) is 24.9. The van der Waals surface area contributed by atoms with E-state index in [4.69, 9.17) is 9.47 Å². The number of fused-ring (bicyclic) bond motifs is 1. The van der Waals surface area contributed by atoms with E-state index in [-0.39, 0.29) is 22.0 Å². The largest absolute Gasteiger partial charge is 0.481 e. The molecule has 1 unspecified atom stereocenters. The fourth-order valence-corrected chi connectivity index (χ4v) is 3.98. The fraction of sp³-hybridized carbons (Fsp3) is 0.478. The first-order chi connectivity index (χ1) is 19.0. The molecule has 0 aliphatic carbocycles. The van der Waals surface area contributed by atoms with Gasteiger partial charge in [-0.15, -0.1) is 0 Å². The molecule has 0 radical (unpaired) electrons. The Bertz CT molecular complexity index is 1360. The Labute approximate surface area is 226 Å². The lowest BCUT2D eigenvalue weighted by molar-refractivity contribution is -0.181. The number of hydrogen-bond donors (Lipinski definition) is 1. The van der Waals surface area contributed by atoms with Gasteiger partial charge in [-0.05, 0) is 19.4 Å². The van der Waals surface area contributed by atoms with Gasteiger partial charge in [0.15, 0.2) is 11.7 Å². The Hall–Kier alpha value is -3.99. The van der Waals surface area contributed by atoms with Crippen LogP contribution in [0.15, 0.2) is 30.9 Å². The van der Waals surface area contributed by atoms with Gasteiger partial charge in [0, 0.05) is 48.9 Å². The van der Waals surface area contributed by atoms with E-state index in [1.54, 1.807) is 0 Å². The summed E-state index contributed by atoms with van der Waals surface area (Å²) in [7, 11) is 2.28. The number of nitrogens with zero attached hydrogens (tertiary/aromatic N) is 5. The van der Waals surface area contributed by atoms with Crippen molar-refractivity contribution in [3.63, 3.8) is 0 Å². The van der Waals surface area contributed by atoms with Crippen molar-refractivity contribution in [1.82, 2.24) is 29.6 Å². The number of rotatable bonds is 9. The van der Waals surface area contributed by atoms with E-state index in [2.05, 4.69) is 15.0 Å². The highest BCUT2D eigenvalue weighted by Gasteiger charge is 2.50. The molecule has 0 spiro atoms. The Morgan fingerprint density at radius 1 is 1.02 bits per heavy atom. The first-order valence-electron chi connectivity index (χ1n) is 11.7. The summed E-state index contributed by atoms with van der Waals surface area (Å²) in [6.45, 7) is 0.264. The molecule has 2 atom stereocenters. The van der Waals surface area contributed by atoms with Crippen LogP contribution in [-0.4, -0.2) is 75.6 Å². The zero-order valence-corrected chi connectivity index (χ0v) is 21.5. The Morgan fingerprint density at radius 3 is 2.22 bits per heavy atom. The van der Waals surface area contributed by atoms with Crippen molar-refractivity contribution in [3.8, 4) is 23.0 Å². The molecule has 2 amide bonds. The van der Waals surface area contributed by atoms with Crippen molar-refractivity contribution < 1.29 is 53.8 Å². The van der Waals surface area contributed by atoms with E-state index in [9.17, 15) is 44.3 Å². The van der Waals surface area contributed by atoms with E-state index < -0.39 is 67.5 Å². The van der Waals surface area contributed by atoms with Crippen molar-refractivity contribution in [1.29, 1.82) is 0 Å². The van der Waals surface area contributed by atoms with Gasteiger partial charge in [0.1, 0.15) is 6.04 Å². The minimum absolute atomic E-state index is 0.00269. The van der Waals surface area contributed by atoms with Crippen molar-refractivity contribution >= 4 is 11.7 Å². The SMILES string of the molecule is CCN(C(=O)N[C@@H](CCC(F)(F)F)C(F)(F)F)C(c1cc(-c2cn3ccnc3c(OC)n2)cnc1OC)C(F)(F)F. The normalized spacial score (nSPS) is 14.0. The molecule has 0 saturated heterocycles. The van der Waals surface area contributed by atoms with Crippen molar-refractivity contribution in [2.75, 3.05) is 20.8 Å². The van der Waals surface area contributed by atoms with Gasteiger partial charge >= 0.3 is 24.6 Å². The van der Waals surface area contributed by atoms with E-state index >= 15 is 0 Å². The average Bonchev–Trinajstić information content (AvgIpc) is 3.35. The smallest absolute Gasteiger partial charge is 0.413 e. The van der Waals surface area contributed by atoms with Gasteiger partial charge in [-0.25, -0.2) is 19.7 Å². The van der Waals surface area contributed by atoms with E-state index in [1.165, 1.54) is 35.4 Å². The van der Waals surface area contributed by atoms with Gasteiger partial charge in [-0.3, -0.25) is 0 Å². The molecule has 3 heterocycles. The van der Waals surface area contributed by atoms with Crippen molar-refractivity contribution in [2.45, 2.75) is 50.4 Å². The van der Waals surface area contributed by atoms with Crippen molar-refractivity contribution in [3.05, 3.63) is 36.4 Å². The molecule has 9 nitrogen and oxygen atoms in total. The summed E-state index contributed by atoms with van der Waals surface area (Å²) in [5.41, 5.74) is -0.426. The van der Waals surface area contributed by atoms with Crippen LogP contribution in [0.4, 0.5) is 44.3 Å². The molecular weight excluding hydrogens is 579 g/mol. The van der Waals surface area contributed by atoms with Gasteiger partial charge in [0.2, 0.25) is 5.88 Å². The number of imidazole rings is 1. The topological polar surface area (TPSA) is 93.9 Å². The monoisotopic (exact) mass is 602 g/mol. The summed E-state index contributed by atoms with van der Waals surface area (Å²) in [5.74, 6) is -0.591. The second-order valence-corrected chi connectivity index (χ2v) is 8.54. The minimum atomic E-state index is -5.37. The van der Waals surface area contributed by atoms with Crippen LogP contribution < -0.4 is 14.8 Å². The molecule has 226 valence electrons. The maximum atomic E-state index is 14.5. The highest BCUT2D eigenvalue weighted by atomic mass is 19.4. The number of carbonyl (C=O) groups excluding carboxylic acids is 1. The summed E-state index contributed by atoms with van der Waals surface area (Å²) < 4.78 is 133. The number of pyridine rings is 1. The van der Waals surface area contributed by atoms with Crippen molar-refractivity contribution in [2.24, 2.45) is 0 Å². The lowest BCUT2D eigenvalue weighted by Gasteiger charge is -2.34. The highest BCUT2D eigenvalue weighted by Crippen LogP contribution is 2.42. The summed E-state index contributed by atoms with van der Waals surface area (Å²) in [6.07, 6.45) is -13.8. The maximum absolute atomic E-state index is 14.5. The minimum Gasteiger partial charge on any atom is -0.481 e. The summed E-state index contributed by atoms with van der Waals surface area (Å²) >= 11 is 0. The second kappa shape index (κ2) is 11.9. The number of carbonyl (C=O) groups is 1. The fourth-order valence-electron chi connectivity index (χ4n) is 3.98. The molecule has 0 fully saturated rings. The van der Waals surface area contributed by atoms with Crippen LogP contribution in [0.1, 0.15) is 31.4 Å². The average molecular weight is 602 g/mol. The van der Waals surface area contributed by atoms with E-state index in [1.807, 2.05) is 0 Å². The van der Waals surface area contributed by atoms with Gasteiger partial charge in [0.25, 0.3) is 5.88 Å². The quantitative estimate of drug-likeness (QED) is 0.315. The molecule has 0 aromatic carbocycles. The van der Waals surface area contributed by atoms with Crippen LogP contribution in [0, 0.1) is 0 Å². The van der Waals surface area contributed by atoms with Gasteiger partial charge in [-0.2, -0.15) is 39.5 Å². The standard InChI is InChI=1S/C23H23F9N6O3/c1-4-38(20(39)36-15(22(27,28)29)5-6-21(24,25)26)16(23(30,31)32)13-9-12(10-34-18(13)40-2)14-11-37-8-7-33-17(37)19(35-14)41-3/h7-11,15-16H,4-6H2,1-3H3,(H,36,39)/t15-,16?/m0/s1. The first kappa shape index (κ1) is 31.5. The number of urea groups is 1. The van der Waals surface area contributed by atoms with Crippen LogP contribution in [0.3, 0.4) is 0 Å². The Morgan fingerprint density at radius 2 is 1.68 bits per heavy atom. The first-order valence-corrected chi connectivity index (χ1v) is 11.7. The molecule has 0 aliphatic rings. The predicted molar refractivity (Wildman–Crippen MR) is 124 cm³/mol. The molecule has 1 N–H and O–H groups in total. The lowest BCUT2D eigenvalue weighted by atomic mass is 10.0. The maximum Gasteiger partial charge on any atom is 0.413 e. The number of ether oxygens (including phenoxy) is 2. The number of nitrogens with one attached hydrogen (secondary N) is 1. The van der Waals surface area contributed by atoms with Gasteiger partial charge in [-0.1, -0.05) is 0 Å². The molecule has 3 aromatic heterocycles. The van der Waals surface area contributed by atoms with E-state index in [0.29, 0.717) is 5.65 Å². The Balaban J connectivity index is 2.07. The lowest BCUT2D eigenvalue weighted by Crippen LogP contribution is -2.53.